The van der Waals surface area contributed by atoms with E-state index in [1.54, 1.807) is 48.5 Å². The maximum absolute atomic E-state index is 13.1. The van der Waals surface area contributed by atoms with E-state index in [0.29, 0.717) is 16.0 Å². The summed E-state index contributed by atoms with van der Waals surface area (Å²) in [6.07, 6.45) is 2.76. The average molecular weight is 423 g/mol. The Bertz CT molecular complexity index is 1240. The van der Waals surface area contributed by atoms with Crippen LogP contribution in [0.25, 0.3) is 10.8 Å². The van der Waals surface area contributed by atoms with Crippen molar-refractivity contribution in [3.05, 3.63) is 82.9 Å². The maximum Gasteiger partial charge on any atom is 0.292 e. The fourth-order valence-electron chi connectivity index (χ4n) is 3.66. The van der Waals surface area contributed by atoms with E-state index in [-0.39, 0.29) is 11.1 Å². The summed E-state index contributed by atoms with van der Waals surface area (Å²) in [5.74, 6) is -1.99. The molecule has 2 amide bonds. The van der Waals surface area contributed by atoms with E-state index in [0.717, 1.165) is 30.2 Å². The molecular weight excluding hydrogens is 402 g/mol. The number of hydroxylamine groups is 2. The number of amides is 2. The molecule has 0 atom stereocenters. The molecule has 1 heterocycles. The van der Waals surface area contributed by atoms with E-state index >= 15 is 0 Å². The largest absolute Gasteiger partial charge is 0.292 e. The van der Waals surface area contributed by atoms with E-state index in [1.165, 1.54) is 0 Å². The van der Waals surface area contributed by atoms with Crippen molar-refractivity contribution < 1.29 is 22.3 Å². The summed E-state index contributed by atoms with van der Waals surface area (Å²) in [6.45, 7) is 2.08. The molecule has 0 fully saturated rings. The molecule has 0 unspecified atom stereocenters. The summed E-state index contributed by atoms with van der Waals surface area (Å²) in [7, 11) is -4.21. The van der Waals surface area contributed by atoms with Crippen molar-refractivity contribution in [2.24, 2.45) is 0 Å². The number of benzene rings is 3. The Morgan fingerprint density at radius 1 is 0.867 bits per heavy atom. The molecule has 4 rings (SSSR count). The van der Waals surface area contributed by atoms with Crippen molar-refractivity contribution in [3.63, 3.8) is 0 Å². The van der Waals surface area contributed by atoms with Gasteiger partial charge in [0, 0.05) is 5.39 Å². The molecule has 154 valence electrons. The van der Waals surface area contributed by atoms with Gasteiger partial charge in [-0.1, -0.05) is 61.9 Å². The highest BCUT2D eigenvalue weighted by atomic mass is 32.2. The number of rotatable bonds is 7. The van der Waals surface area contributed by atoms with Crippen LogP contribution in [0.1, 0.15) is 51.6 Å². The number of carbonyl (C=O) groups is 2. The lowest BCUT2D eigenvalue weighted by atomic mass is 9.92. The monoisotopic (exact) mass is 423 g/mol. The van der Waals surface area contributed by atoms with Gasteiger partial charge in [0.05, 0.1) is 11.1 Å². The van der Waals surface area contributed by atoms with Gasteiger partial charge in [-0.15, -0.1) is 9.35 Å². The number of nitrogens with zero attached hydrogens (tertiary/aromatic N) is 1. The number of aryl methyl sites for hydroxylation is 1. The van der Waals surface area contributed by atoms with Gasteiger partial charge < -0.3 is 0 Å². The third kappa shape index (κ3) is 3.86. The minimum Gasteiger partial charge on any atom is -0.266 e. The van der Waals surface area contributed by atoms with Crippen LogP contribution in [0.2, 0.25) is 0 Å². The minimum atomic E-state index is -4.21. The smallest absolute Gasteiger partial charge is 0.266 e. The second-order valence-corrected chi connectivity index (χ2v) is 8.87. The van der Waals surface area contributed by atoms with Crippen molar-refractivity contribution in [1.29, 1.82) is 0 Å². The molecular formula is C23H21NO5S. The molecule has 0 saturated carbocycles. The van der Waals surface area contributed by atoms with Crippen molar-refractivity contribution in [3.8, 4) is 0 Å². The lowest BCUT2D eigenvalue weighted by molar-refractivity contribution is -0.0156. The van der Waals surface area contributed by atoms with E-state index in [4.69, 9.17) is 4.28 Å². The van der Waals surface area contributed by atoms with E-state index in [2.05, 4.69) is 6.92 Å². The molecule has 1 aliphatic rings. The third-order valence-corrected chi connectivity index (χ3v) is 6.12. The van der Waals surface area contributed by atoms with Crippen LogP contribution >= 0.6 is 0 Å². The fourth-order valence-corrected chi connectivity index (χ4v) is 4.68. The minimum absolute atomic E-state index is 0.249. The quantitative estimate of drug-likeness (QED) is 0.531. The van der Waals surface area contributed by atoms with E-state index in [9.17, 15) is 18.0 Å². The van der Waals surface area contributed by atoms with Crippen LogP contribution in [-0.4, -0.2) is 25.3 Å². The summed E-state index contributed by atoms with van der Waals surface area (Å²) in [5.41, 5.74) is 1.99. The summed E-state index contributed by atoms with van der Waals surface area (Å²) in [5, 5.41) is 1.69. The predicted molar refractivity (Wildman–Crippen MR) is 113 cm³/mol. The molecule has 0 bridgehead atoms. The molecule has 0 radical (unpaired) electrons. The number of carbonyl (C=O) groups excluding carboxylic acids is 2. The summed E-state index contributed by atoms with van der Waals surface area (Å²) >= 11 is 0. The number of imide groups is 1. The lowest BCUT2D eigenvalue weighted by Gasteiger charge is -2.26. The Hall–Kier alpha value is -3.03. The van der Waals surface area contributed by atoms with Crippen LogP contribution in [0.5, 0.6) is 0 Å². The Morgan fingerprint density at radius 3 is 2.33 bits per heavy atom. The molecule has 0 N–H and O–H groups in total. The maximum atomic E-state index is 13.1. The van der Waals surface area contributed by atoms with Gasteiger partial charge in [0.2, 0.25) is 0 Å². The topological polar surface area (TPSA) is 80.8 Å². The van der Waals surface area contributed by atoms with Gasteiger partial charge in [-0.05, 0) is 41.5 Å². The zero-order chi connectivity index (χ0) is 21.3. The van der Waals surface area contributed by atoms with Crippen molar-refractivity contribution >= 4 is 32.7 Å². The Kier molecular flexibility index (Phi) is 5.40. The van der Waals surface area contributed by atoms with Crippen LogP contribution in [0.4, 0.5) is 0 Å². The lowest BCUT2D eigenvalue weighted by Crippen LogP contribution is -2.42. The first-order chi connectivity index (χ1) is 14.4. The molecule has 0 aliphatic carbocycles. The molecule has 3 aromatic carbocycles. The molecule has 0 saturated heterocycles. The van der Waals surface area contributed by atoms with Gasteiger partial charge in [0.15, 0.2) is 0 Å². The molecule has 3 aromatic rings. The van der Waals surface area contributed by atoms with E-state index < -0.39 is 27.7 Å². The van der Waals surface area contributed by atoms with Crippen molar-refractivity contribution in [2.45, 2.75) is 31.9 Å². The number of unbranched alkanes of at least 4 members (excludes halogenated alkanes) is 1. The second kappa shape index (κ2) is 8.01. The van der Waals surface area contributed by atoms with Crippen molar-refractivity contribution in [1.82, 2.24) is 5.06 Å². The highest BCUT2D eigenvalue weighted by Crippen LogP contribution is 2.32. The highest BCUT2D eigenvalue weighted by molar-refractivity contribution is 7.85. The fraction of sp³-hybridized carbons (Fsp3) is 0.217. The molecule has 0 aromatic heterocycles. The normalized spacial score (nSPS) is 13.8. The summed E-state index contributed by atoms with van der Waals surface area (Å²) in [6, 6.07) is 17.3. The van der Waals surface area contributed by atoms with Crippen molar-refractivity contribution in [2.75, 3.05) is 0 Å². The zero-order valence-electron chi connectivity index (χ0n) is 16.5. The molecule has 7 heteroatoms. The molecule has 0 spiro atoms. The SMILES string of the molecule is CCCCc1cc2c3c(cccc3c1)C(=O)N(OS(=O)(=O)Cc1ccccc1)C2=O. The van der Waals surface area contributed by atoms with Gasteiger partial charge in [-0.25, -0.2) is 0 Å². The standard InChI is InChI=1S/C23H21NO5S/c1-2-3-8-17-13-18-11-7-12-19-21(18)20(14-17)23(26)24(22(19)25)29-30(27,28)15-16-9-5-4-6-10-16/h4-7,9-14H,2-3,8,15H2,1H3. The number of hydrogen-bond donors (Lipinski definition) is 0. The first-order valence-electron chi connectivity index (χ1n) is 9.80. The molecule has 30 heavy (non-hydrogen) atoms. The van der Waals surface area contributed by atoms with Crippen LogP contribution < -0.4 is 0 Å². The van der Waals surface area contributed by atoms with Gasteiger partial charge in [-0.2, -0.15) is 8.42 Å². The van der Waals surface area contributed by atoms with Gasteiger partial charge in [0.1, 0.15) is 5.75 Å². The van der Waals surface area contributed by atoms with Gasteiger partial charge in [0.25, 0.3) is 21.9 Å². The van der Waals surface area contributed by atoms with E-state index in [1.807, 2.05) is 12.1 Å². The first kappa shape index (κ1) is 20.3. The predicted octanol–water partition coefficient (Wildman–Crippen LogP) is 4.24. The van der Waals surface area contributed by atoms with Crippen LogP contribution in [0.3, 0.4) is 0 Å². The van der Waals surface area contributed by atoms with Gasteiger partial charge >= 0.3 is 0 Å². The number of hydrogen-bond acceptors (Lipinski definition) is 5. The Labute approximate surface area is 175 Å². The third-order valence-electron chi connectivity index (χ3n) is 5.06. The first-order valence-corrected chi connectivity index (χ1v) is 11.4. The Morgan fingerprint density at radius 2 is 1.60 bits per heavy atom. The van der Waals surface area contributed by atoms with Gasteiger partial charge in [-0.3, -0.25) is 9.59 Å². The molecule has 1 aliphatic heterocycles. The zero-order valence-corrected chi connectivity index (χ0v) is 17.3. The second-order valence-electron chi connectivity index (χ2n) is 7.32. The van der Waals surface area contributed by atoms with Crippen LogP contribution in [-0.2, 0) is 26.6 Å². The Balaban J connectivity index is 1.71. The van der Waals surface area contributed by atoms with Crippen LogP contribution in [0, 0.1) is 0 Å². The highest BCUT2D eigenvalue weighted by Gasteiger charge is 2.37. The summed E-state index contributed by atoms with van der Waals surface area (Å²) in [4.78, 5) is 26.0. The molecule has 6 nitrogen and oxygen atoms in total. The van der Waals surface area contributed by atoms with Crippen LogP contribution in [0.15, 0.2) is 60.7 Å². The summed E-state index contributed by atoms with van der Waals surface area (Å²) < 4.78 is 30.1. The average Bonchev–Trinajstić information content (AvgIpc) is 2.73.